The SMILES string of the molecule is C=C(C)C(=O)OC12CC3(C)CC(C#N)(C1)CC(C(=O)OC)(C3)C2. The third kappa shape index (κ3) is 2.27. The van der Waals surface area contributed by atoms with E-state index in [1.807, 2.05) is 0 Å². The molecule has 0 aliphatic heterocycles. The van der Waals surface area contributed by atoms with Crippen molar-refractivity contribution in [3.8, 4) is 6.07 Å². The second-order valence-electron chi connectivity index (χ2n) is 8.39. The molecule has 124 valence electrons. The van der Waals surface area contributed by atoms with Gasteiger partial charge in [-0.05, 0) is 38.0 Å². The van der Waals surface area contributed by atoms with Crippen LogP contribution in [-0.2, 0) is 19.1 Å². The number of nitrogens with zero attached hydrogens (tertiary/aromatic N) is 1. The van der Waals surface area contributed by atoms with E-state index in [4.69, 9.17) is 9.47 Å². The van der Waals surface area contributed by atoms with Gasteiger partial charge in [-0.15, -0.1) is 0 Å². The van der Waals surface area contributed by atoms with Crippen molar-refractivity contribution >= 4 is 11.9 Å². The van der Waals surface area contributed by atoms with E-state index < -0.39 is 22.4 Å². The molecule has 4 atom stereocenters. The summed E-state index contributed by atoms with van der Waals surface area (Å²) in [4.78, 5) is 24.7. The molecule has 0 aromatic rings. The van der Waals surface area contributed by atoms with Gasteiger partial charge in [-0.2, -0.15) is 5.26 Å². The fourth-order valence-corrected chi connectivity index (χ4v) is 5.99. The lowest BCUT2D eigenvalue weighted by Crippen LogP contribution is -2.66. The van der Waals surface area contributed by atoms with Crippen LogP contribution in [0.3, 0.4) is 0 Å². The number of methoxy groups -OCH3 is 1. The van der Waals surface area contributed by atoms with Crippen LogP contribution in [0.1, 0.15) is 52.4 Å². The summed E-state index contributed by atoms with van der Waals surface area (Å²) in [5, 5.41) is 9.81. The van der Waals surface area contributed by atoms with E-state index in [1.165, 1.54) is 7.11 Å². The Morgan fingerprint density at radius 2 is 1.83 bits per heavy atom. The maximum absolute atomic E-state index is 12.5. The lowest BCUT2D eigenvalue weighted by molar-refractivity contribution is -0.235. The van der Waals surface area contributed by atoms with E-state index in [0.717, 1.165) is 6.42 Å². The maximum atomic E-state index is 12.5. The molecule has 0 aromatic carbocycles. The summed E-state index contributed by atoms with van der Waals surface area (Å²) < 4.78 is 10.9. The van der Waals surface area contributed by atoms with Crippen LogP contribution < -0.4 is 0 Å². The number of carbonyl (C=O) groups excluding carboxylic acids is 2. The van der Waals surface area contributed by atoms with E-state index in [9.17, 15) is 14.9 Å². The summed E-state index contributed by atoms with van der Waals surface area (Å²) in [5.41, 5.74) is -1.95. The van der Waals surface area contributed by atoms with Crippen molar-refractivity contribution < 1.29 is 19.1 Å². The Bertz CT molecular complexity index is 650. The predicted molar refractivity (Wildman–Crippen MR) is 81.9 cm³/mol. The molecule has 5 heteroatoms. The van der Waals surface area contributed by atoms with Crippen LogP contribution in [-0.4, -0.2) is 24.6 Å². The monoisotopic (exact) mass is 317 g/mol. The van der Waals surface area contributed by atoms with Crippen molar-refractivity contribution in [1.29, 1.82) is 5.26 Å². The summed E-state index contributed by atoms with van der Waals surface area (Å²) >= 11 is 0. The van der Waals surface area contributed by atoms with Crippen LogP contribution in [0.15, 0.2) is 12.2 Å². The molecule has 4 bridgehead atoms. The van der Waals surface area contributed by atoms with Gasteiger partial charge in [0.05, 0.1) is 24.0 Å². The molecule has 0 N–H and O–H groups in total. The Hall–Kier alpha value is -1.83. The average Bonchev–Trinajstić information content (AvgIpc) is 2.43. The first-order valence-electron chi connectivity index (χ1n) is 8.00. The van der Waals surface area contributed by atoms with Gasteiger partial charge in [0.2, 0.25) is 0 Å². The number of carbonyl (C=O) groups is 2. The zero-order valence-electron chi connectivity index (χ0n) is 14.0. The van der Waals surface area contributed by atoms with Gasteiger partial charge in [-0.25, -0.2) is 4.79 Å². The molecule has 23 heavy (non-hydrogen) atoms. The van der Waals surface area contributed by atoms with E-state index in [-0.39, 0.29) is 11.4 Å². The van der Waals surface area contributed by atoms with Gasteiger partial charge in [0.15, 0.2) is 0 Å². The van der Waals surface area contributed by atoms with Gasteiger partial charge in [0.1, 0.15) is 5.60 Å². The highest BCUT2D eigenvalue weighted by molar-refractivity contribution is 5.87. The topological polar surface area (TPSA) is 76.4 Å². The van der Waals surface area contributed by atoms with Crippen LogP contribution in [0.5, 0.6) is 0 Å². The minimum atomic E-state index is -0.760. The predicted octanol–water partition coefficient (Wildman–Crippen LogP) is 2.90. The van der Waals surface area contributed by atoms with Gasteiger partial charge in [-0.3, -0.25) is 4.79 Å². The third-order valence-electron chi connectivity index (χ3n) is 5.79. The Morgan fingerprint density at radius 3 is 2.39 bits per heavy atom. The van der Waals surface area contributed by atoms with Crippen LogP contribution in [0.2, 0.25) is 0 Å². The zero-order chi connectivity index (χ0) is 17.1. The fraction of sp³-hybridized carbons (Fsp3) is 0.722. The minimum Gasteiger partial charge on any atom is -0.469 e. The van der Waals surface area contributed by atoms with E-state index in [1.54, 1.807) is 6.92 Å². The summed E-state index contributed by atoms with van der Waals surface area (Å²) in [6.07, 6.45) is 3.60. The van der Waals surface area contributed by atoms with Crippen LogP contribution in [0, 0.1) is 27.6 Å². The molecule has 0 spiro atoms. The fourth-order valence-electron chi connectivity index (χ4n) is 5.99. The zero-order valence-corrected chi connectivity index (χ0v) is 14.0. The first-order valence-corrected chi connectivity index (χ1v) is 8.00. The highest BCUT2D eigenvalue weighted by Crippen LogP contribution is 2.71. The van der Waals surface area contributed by atoms with E-state index in [0.29, 0.717) is 37.7 Å². The molecular weight excluding hydrogens is 294 g/mol. The standard InChI is InChI=1S/C18H23NO4/c1-12(2)13(20)23-18-7-15(3)5-16(9-18,11-19)8-17(6-15,10-18)14(21)22-4/h1,5-10H2,2-4H3. The van der Waals surface area contributed by atoms with Crippen molar-refractivity contribution in [1.82, 2.24) is 0 Å². The summed E-state index contributed by atoms with van der Waals surface area (Å²) in [6.45, 7) is 7.35. The highest BCUT2D eigenvalue weighted by Gasteiger charge is 2.71. The number of rotatable bonds is 3. The second kappa shape index (κ2) is 4.59. The molecule has 5 nitrogen and oxygen atoms in total. The first-order chi connectivity index (χ1) is 10.6. The van der Waals surface area contributed by atoms with Gasteiger partial charge in [0, 0.05) is 18.4 Å². The largest absolute Gasteiger partial charge is 0.469 e. The molecule has 0 radical (unpaired) electrons. The number of nitriles is 1. The molecule has 4 aliphatic rings. The molecule has 0 amide bonds. The Labute approximate surface area is 136 Å². The van der Waals surface area contributed by atoms with Crippen molar-refractivity contribution in [2.24, 2.45) is 16.2 Å². The van der Waals surface area contributed by atoms with Crippen LogP contribution in [0.25, 0.3) is 0 Å². The number of esters is 2. The summed E-state index contributed by atoms with van der Waals surface area (Å²) in [6, 6.07) is 2.44. The van der Waals surface area contributed by atoms with E-state index >= 15 is 0 Å². The molecule has 4 unspecified atom stereocenters. The van der Waals surface area contributed by atoms with Crippen molar-refractivity contribution in [2.45, 2.75) is 58.0 Å². The lowest BCUT2D eigenvalue weighted by atomic mass is 9.39. The molecule has 0 saturated heterocycles. The lowest BCUT2D eigenvalue weighted by Gasteiger charge is -2.66. The van der Waals surface area contributed by atoms with Crippen LogP contribution in [0.4, 0.5) is 0 Å². The number of ether oxygens (including phenoxy) is 2. The molecule has 4 aliphatic carbocycles. The van der Waals surface area contributed by atoms with Crippen molar-refractivity contribution in [3.63, 3.8) is 0 Å². The van der Waals surface area contributed by atoms with Gasteiger partial charge < -0.3 is 9.47 Å². The average molecular weight is 317 g/mol. The smallest absolute Gasteiger partial charge is 0.333 e. The Morgan fingerprint density at radius 1 is 1.13 bits per heavy atom. The van der Waals surface area contributed by atoms with Gasteiger partial charge in [0.25, 0.3) is 0 Å². The maximum Gasteiger partial charge on any atom is 0.333 e. The molecule has 0 aromatic heterocycles. The molecule has 4 rings (SSSR count). The van der Waals surface area contributed by atoms with Crippen LogP contribution >= 0.6 is 0 Å². The Balaban J connectivity index is 2.06. The van der Waals surface area contributed by atoms with Crippen molar-refractivity contribution in [2.75, 3.05) is 7.11 Å². The molecule has 4 saturated carbocycles. The third-order valence-corrected chi connectivity index (χ3v) is 5.79. The Kier molecular flexibility index (Phi) is 3.20. The number of hydrogen-bond donors (Lipinski definition) is 0. The quantitative estimate of drug-likeness (QED) is 0.591. The van der Waals surface area contributed by atoms with E-state index in [2.05, 4.69) is 19.6 Å². The molecule has 0 heterocycles. The van der Waals surface area contributed by atoms with Crippen molar-refractivity contribution in [3.05, 3.63) is 12.2 Å². The highest BCUT2D eigenvalue weighted by atomic mass is 16.6. The number of hydrogen-bond acceptors (Lipinski definition) is 5. The normalized spacial score (nSPS) is 43.6. The molecular formula is C18H23NO4. The van der Waals surface area contributed by atoms with Gasteiger partial charge >= 0.3 is 11.9 Å². The van der Waals surface area contributed by atoms with Gasteiger partial charge in [-0.1, -0.05) is 13.5 Å². The summed E-state index contributed by atoms with van der Waals surface area (Å²) in [7, 11) is 1.38. The molecule has 4 fully saturated rings. The summed E-state index contributed by atoms with van der Waals surface area (Å²) in [5.74, 6) is -0.721. The minimum absolute atomic E-state index is 0.186. The second-order valence-corrected chi connectivity index (χ2v) is 8.39. The first kappa shape index (κ1) is 16.0.